The van der Waals surface area contributed by atoms with Crippen LogP contribution in [0.4, 0.5) is 0 Å². The molecule has 2 rings (SSSR count). The van der Waals surface area contributed by atoms with Crippen molar-refractivity contribution in [1.29, 1.82) is 0 Å². The lowest BCUT2D eigenvalue weighted by Crippen LogP contribution is -2.48. The number of aromatic nitrogens is 2. The summed E-state index contributed by atoms with van der Waals surface area (Å²) < 4.78 is 1.66. The van der Waals surface area contributed by atoms with Crippen molar-refractivity contribution in [3.63, 3.8) is 0 Å². The molecule has 0 bridgehead atoms. The topological polar surface area (TPSA) is 60.9 Å². The van der Waals surface area contributed by atoms with Crippen LogP contribution < -0.4 is 5.73 Å². The van der Waals surface area contributed by atoms with Gasteiger partial charge in [-0.3, -0.25) is 9.48 Å². The molecule has 4 nitrogen and oxygen atoms in total. The van der Waals surface area contributed by atoms with Crippen LogP contribution in [0.2, 0.25) is 5.02 Å². The molecule has 1 aliphatic rings. The Bertz CT molecular complexity index is 435. The summed E-state index contributed by atoms with van der Waals surface area (Å²) in [7, 11) is 0. The van der Waals surface area contributed by atoms with Gasteiger partial charge in [0, 0.05) is 6.54 Å². The van der Waals surface area contributed by atoms with E-state index in [-0.39, 0.29) is 11.7 Å². The number of nitrogens with zero attached hydrogens (tertiary/aromatic N) is 2. The maximum Gasteiger partial charge on any atom is 0.202 e. The fraction of sp³-hybridized carbons (Fsp3) is 0.667. The molecule has 0 aromatic carbocycles. The second kappa shape index (κ2) is 4.42. The van der Waals surface area contributed by atoms with E-state index in [1.54, 1.807) is 11.6 Å². The smallest absolute Gasteiger partial charge is 0.202 e. The molecule has 1 unspecified atom stereocenters. The molecule has 1 aliphatic carbocycles. The van der Waals surface area contributed by atoms with E-state index in [1.807, 2.05) is 6.92 Å². The summed E-state index contributed by atoms with van der Waals surface area (Å²) in [6.07, 6.45) is 4.48. The zero-order valence-corrected chi connectivity index (χ0v) is 11.0. The summed E-state index contributed by atoms with van der Waals surface area (Å²) in [5, 5.41) is 4.53. The molecular weight excluding hydrogens is 238 g/mol. The lowest BCUT2D eigenvalue weighted by atomic mass is 9.90. The van der Waals surface area contributed by atoms with Crippen LogP contribution in [-0.4, -0.2) is 21.1 Å². The average molecular weight is 256 g/mol. The molecule has 0 aliphatic heterocycles. The SMILES string of the molecule is CCCn1ncc(Cl)c1C(=O)C(C)(N)C1CC1. The van der Waals surface area contributed by atoms with E-state index in [0.29, 0.717) is 17.3 Å². The van der Waals surface area contributed by atoms with Crippen molar-refractivity contribution in [3.05, 3.63) is 16.9 Å². The third-order valence-electron chi connectivity index (χ3n) is 3.36. The van der Waals surface area contributed by atoms with Gasteiger partial charge in [-0.25, -0.2) is 0 Å². The molecule has 1 atom stereocenters. The van der Waals surface area contributed by atoms with Crippen molar-refractivity contribution < 1.29 is 4.79 Å². The largest absolute Gasteiger partial charge is 0.319 e. The minimum absolute atomic E-state index is 0.0871. The highest BCUT2D eigenvalue weighted by Gasteiger charge is 2.45. The minimum Gasteiger partial charge on any atom is -0.319 e. The van der Waals surface area contributed by atoms with E-state index in [9.17, 15) is 4.79 Å². The van der Waals surface area contributed by atoms with E-state index in [4.69, 9.17) is 17.3 Å². The Morgan fingerprint density at radius 1 is 1.71 bits per heavy atom. The number of Topliss-reactive ketones (excluding diaryl/α,β-unsaturated/α-hetero) is 1. The number of carbonyl (C=O) groups is 1. The number of hydrogen-bond donors (Lipinski definition) is 1. The van der Waals surface area contributed by atoms with Crippen LogP contribution in [0.25, 0.3) is 0 Å². The van der Waals surface area contributed by atoms with Crippen LogP contribution >= 0.6 is 11.6 Å². The fourth-order valence-electron chi connectivity index (χ4n) is 2.09. The molecule has 0 spiro atoms. The number of halogens is 1. The van der Waals surface area contributed by atoms with Crippen molar-refractivity contribution in [2.45, 2.75) is 45.2 Å². The first kappa shape index (κ1) is 12.6. The first-order valence-electron chi connectivity index (χ1n) is 6.03. The van der Waals surface area contributed by atoms with Crippen LogP contribution in [0.3, 0.4) is 0 Å². The summed E-state index contributed by atoms with van der Waals surface area (Å²) in [5.74, 6) is 0.201. The average Bonchev–Trinajstić information content (AvgIpc) is 3.05. The van der Waals surface area contributed by atoms with E-state index in [1.165, 1.54) is 6.20 Å². The van der Waals surface area contributed by atoms with Gasteiger partial charge < -0.3 is 5.73 Å². The number of rotatable bonds is 5. The third-order valence-corrected chi connectivity index (χ3v) is 3.64. The van der Waals surface area contributed by atoms with Gasteiger partial charge in [-0.05, 0) is 32.1 Å². The highest BCUT2D eigenvalue weighted by Crippen LogP contribution is 2.40. The molecular formula is C12H18ClN3O. The predicted molar refractivity (Wildman–Crippen MR) is 67.2 cm³/mol. The highest BCUT2D eigenvalue weighted by atomic mass is 35.5. The molecule has 1 aromatic rings. The monoisotopic (exact) mass is 255 g/mol. The van der Waals surface area contributed by atoms with Gasteiger partial charge in [-0.15, -0.1) is 0 Å². The van der Waals surface area contributed by atoms with E-state index < -0.39 is 5.54 Å². The lowest BCUT2D eigenvalue weighted by molar-refractivity contribution is 0.0872. The van der Waals surface area contributed by atoms with Crippen molar-refractivity contribution in [3.8, 4) is 0 Å². The van der Waals surface area contributed by atoms with Gasteiger partial charge in [0.2, 0.25) is 5.78 Å². The second-order valence-electron chi connectivity index (χ2n) is 4.95. The molecule has 1 aromatic heterocycles. The van der Waals surface area contributed by atoms with Gasteiger partial charge in [0.1, 0.15) is 5.69 Å². The molecule has 0 saturated heterocycles. The molecule has 1 heterocycles. The quantitative estimate of drug-likeness (QED) is 0.821. The number of hydrogen-bond acceptors (Lipinski definition) is 3. The Balaban J connectivity index is 2.32. The number of nitrogens with two attached hydrogens (primary N) is 1. The maximum atomic E-state index is 12.5. The Hall–Kier alpha value is -0.870. The van der Waals surface area contributed by atoms with Crippen LogP contribution in [0.5, 0.6) is 0 Å². The summed E-state index contributed by atoms with van der Waals surface area (Å²) in [6.45, 7) is 4.52. The zero-order chi connectivity index (χ0) is 12.6. The van der Waals surface area contributed by atoms with Gasteiger partial charge in [-0.2, -0.15) is 5.10 Å². The standard InChI is InChI=1S/C12H18ClN3O/c1-3-6-16-10(9(13)7-15-16)11(17)12(2,14)8-4-5-8/h7-8H,3-6,14H2,1-2H3. The van der Waals surface area contributed by atoms with Gasteiger partial charge in [-0.1, -0.05) is 18.5 Å². The van der Waals surface area contributed by atoms with Crippen molar-refractivity contribution in [1.82, 2.24) is 9.78 Å². The fourth-order valence-corrected chi connectivity index (χ4v) is 2.32. The Morgan fingerprint density at radius 3 is 2.88 bits per heavy atom. The minimum atomic E-state index is -0.810. The van der Waals surface area contributed by atoms with Crippen LogP contribution in [0, 0.1) is 5.92 Å². The Morgan fingerprint density at radius 2 is 2.35 bits per heavy atom. The molecule has 5 heteroatoms. The molecule has 0 amide bonds. The summed E-state index contributed by atoms with van der Waals surface area (Å²) in [4.78, 5) is 12.5. The third kappa shape index (κ3) is 2.24. The van der Waals surface area contributed by atoms with Gasteiger partial charge in [0.15, 0.2) is 0 Å². The summed E-state index contributed by atoms with van der Waals surface area (Å²) >= 11 is 6.05. The first-order chi connectivity index (χ1) is 7.98. The molecule has 17 heavy (non-hydrogen) atoms. The van der Waals surface area contributed by atoms with E-state index in [0.717, 1.165) is 19.3 Å². The Labute approximate surface area is 106 Å². The Kier molecular flexibility index (Phi) is 3.27. The van der Waals surface area contributed by atoms with Gasteiger partial charge in [0.25, 0.3) is 0 Å². The van der Waals surface area contributed by atoms with Crippen LogP contribution in [0.1, 0.15) is 43.6 Å². The lowest BCUT2D eigenvalue weighted by Gasteiger charge is -2.23. The van der Waals surface area contributed by atoms with Crippen molar-refractivity contribution in [2.24, 2.45) is 11.7 Å². The van der Waals surface area contributed by atoms with Crippen molar-refractivity contribution >= 4 is 17.4 Å². The van der Waals surface area contributed by atoms with Crippen LogP contribution in [0.15, 0.2) is 6.20 Å². The van der Waals surface area contributed by atoms with Crippen LogP contribution in [-0.2, 0) is 6.54 Å². The number of aryl methyl sites for hydroxylation is 1. The molecule has 94 valence electrons. The maximum absolute atomic E-state index is 12.5. The van der Waals surface area contributed by atoms with Gasteiger partial charge >= 0.3 is 0 Å². The number of ketones is 1. The van der Waals surface area contributed by atoms with E-state index >= 15 is 0 Å². The highest BCUT2D eigenvalue weighted by molar-refractivity contribution is 6.34. The molecule has 0 radical (unpaired) electrons. The number of carbonyl (C=O) groups excluding carboxylic acids is 1. The second-order valence-corrected chi connectivity index (χ2v) is 5.36. The first-order valence-corrected chi connectivity index (χ1v) is 6.41. The molecule has 1 fully saturated rings. The zero-order valence-electron chi connectivity index (χ0n) is 10.2. The van der Waals surface area contributed by atoms with Crippen molar-refractivity contribution in [2.75, 3.05) is 0 Å². The molecule has 1 saturated carbocycles. The molecule has 2 N–H and O–H groups in total. The van der Waals surface area contributed by atoms with E-state index in [2.05, 4.69) is 5.10 Å². The van der Waals surface area contributed by atoms with Gasteiger partial charge in [0.05, 0.1) is 16.8 Å². The normalized spacial score (nSPS) is 19.1. The summed E-state index contributed by atoms with van der Waals surface area (Å²) in [5.41, 5.74) is 5.79. The summed E-state index contributed by atoms with van der Waals surface area (Å²) in [6, 6.07) is 0. The predicted octanol–water partition coefficient (Wildman–Crippen LogP) is 2.26.